The van der Waals surface area contributed by atoms with Crippen molar-refractivity contribution in [1.29, 1.82) is 0 Å². The van der Waals surface area contributed by atoms with E-state index in [1.165, 1.54) is 29.0 Å². The van der Waals surface area contributed by atoms with Crippen molar-refractivity contribution in [2.45, 2.75) is 37.0 Å². The van der Waals surface area contributed by atoms with Gasteiger partial charge in [-0.05, 0) is 12.2 Å². The number of thioether (sulfide) groups is 1. The molecular formula is C15H22N6O7S. The van der Waals surface area contributed by atoms with Crippen LogP contribution in [0.4, 0.5) is 5.82 Å². The number of nitrogens with two attached hydrogens (primary N) is 2. The number of imidazole rings is 1. The van der Waals surface area contributed by atoms with E-state index >= 15 is 0 Å². The highest BCUT2D eigenvalue weighted by Gasteiger charge is 2.44. The van der Waals surface area contributed by atoms with E-state index < -0.39 is 36.6 Å². The van der Waals surface area contributed by atoms with Crippen molar-refractivity contribution in [3.63, 3.8) is 0 Å². The minimum Gasteiger partial charge on any atom is -0.483 e. The summed E-state index contributed by atoms with van der Waals surface area (Å²) in [6.45, 7) is -0.250. The van der Waals surface area contributed by atoms with E-state index in [0.717, 1.165) is 0 Å². The summed E-state index contributed by atoms with van der Waals surface area (Å²) in [5.41, 5.74) is 12.0. The van der Waals surface area contributed by atoms with Gasteiger partial charge in [0.25, 0.3) is 6.47 Å². The second kappa shape index (κ2) is 10.3. The number of aliphatic hydroxyl groups excluding tert-OH is 2. The Labute approximate surface area is 168 Å². The maximum absolute atomic E-state index is 10.7. The highest BCUT2D eigenvalue weighted by molar-refractivity contribution is 7.99. The van der Waals surface area contributed by atoms with E-state index in [1.807, 2.05) is 0 Å². The molecule has 5 atom stereocenters. The maximum atomic E-state index is 10.7. The fourth-order valence-corrected chi connectivity index (χ4v) is 3.78. The summed E-state index contributed by atoms with van der Waals surface area (Å²) in [7, 11) is 0. The number of carbonyl (C=O) groups is 2. The summed E-state index contributed by atoms with van der Waals surface area (Å²) in [5.74, 6) is 0.0405. The number of fused-ring (bicyclic) bond motifs is 1. The van der Waals surface area contributed by atoms with Gasteiger partial charge in [-0.15, -0.1) is 0 Å². The van der Waals surface area contributed by atoms with Crippen LogP contribution in [-0.4, -0.2) is 88.2 Å². The van der Waals surface area contributed by atoms with Gasteiger partial charge in [-0.1, -0.05) is 0 Å². The third kappa shape index (κ3) is 5.30. The van der Waals surface area contributed by atoms with Gasteiger partial charge in [0, 0.05) is 5.75 Å². The van der Waals surface area contributed by atoms with Crippen molar-refractivity contribution in [3.05, 3.63) is 12.7 Å². The Hall–Kier alpha value is -2.52. The first-order valence-corrected chi connectivity index (χ1v) is 9.55. The molecule has 14 heteroatoms. The molecule has 13 nitrogen and oxygen atoms in total. The molecule has 1 aliphatic heterocycles. The normalized spacial score (nSPS) is 24.7. The number of nitrogens with zero attached hydrogens (tertiary/aromatic N) is 4. The van der Waals surface area contributed by atoms with E-state index in [1.54, 1.807) is 0 Å². The molecule has 8 N–H and O–H groups in total. The molecule has 1 aliphatic rings. The fourth-order valence-electron chi connectivity index (χ4n) is 2.69. The highest BCUT2D eigenvalue weighted by atomic mass is 32.2. The number of hydrogen-bond donors (Lipinski definition) is 6. The Balaban J connectivity index is 0.000000941. The number of hydrogen-bond acceptors (Lipinski definition) is 11. The van der Waals surface area contributed by atoms with E-state index in [9.17, 15) is 15.0 Å². The number of carboxylic acids is 1. The predicted octanol–water partition coefficient (Wildman–Crippen LogP) is -1.74. The van der Waals surface area contributed by atoms with Gasteiger partial charge in [-0.25, -0.2) is 15.0 Å². The van der Waals surface area contributed by atoms with Gasteiger partial charge in [0.05, 0.1) is 12.4 Å². The van der Waals surface area contributed by atoms with Crippen LogP contribution in [0.3, 0.4) is 0 Å². The molecule has 2 aromatic rings. The number of ether oxygens (including phenoxy) is 1. The Morgan fingerprint density at radius 3 is 2.69 bits per heavy atom. The number of anilines is 1. The smallest absolute Gasteiger partial charge is 0.320 e. The minimum atomic E-state index is -1.17. The number of nitrogen functional groups attached to an aromatic ring is 1. The van der Waals surface area contributed by atoms with Crippen LogP contribution in [0.1, 0.15) is 12.6 Å². The van der Waals surface area contributed by atoms with Crippen LogP contribution in [-0.2, 0) is 14.3 Å². The molecule has 29 heavy (non-hydrogen) atoms. The Morgan fingerprint density at radius 1 is 1.34 bits per heavy atom. The van der Waals surface area contributed by atoms with Gasteiger partial charge in [0.2, 0.25) is 0 Å². The lowest BCUT2D eigenvalue weighted by Gasteiger charge is -2.16. The Kier molecular flexibility index (Phi) is 8.10. The maximum Gasteiger partial charge on any atom is 0.320 e. The number of aliphatic carboxylic acids is 1. The van der Waals surface area contributed by atoms with Crippen LogP contribution in [0.25, 0.3) is 11.2 Å². The predicted molar refractivity (Wildman–Crippen MR) is 102 cm³/mol. The molecule has 0 aliphatic carbocycles. The van der Waals surface area contributed by atoms with Gasteiger partial charge < -0.3 is 36.6 Å². The SMILES string of the molecule is Nc1ncnc2c1ncn2[C@@H]1O[C@H](CSCC[C@H](N)C(=O)O)[C@@H](O)[C@H]1O.O=CO. The van der Waals surface area contributed by atoms with Crippen molar-refractivity contribution in [2.24, 2.45) is 5.73 Å². The van der Waals surface area contributed by atoms with E-state index in [-0.39, 0.29) is 12.3 Å². The zero-order chi connectivity index (χ0) is 21.6. The molecule has 0 unspecified atom stereocenters. The molecule has 160 valence electrons. The van der Waals surface area contributed by atoms with Crippen molar-refractivity contribution >= 4 is 41.2 Å². The summed E-state index contributed by atoms with van der Waals surface area (Å²) in [6.07, 6.45) is -0.747. The molecule has 1 fully saturated rings. The number of carboxylic acid groups (broad SMARTS) is 2. The third-order valence-corrected chi connectivity index (χ3v) is 5.26. The van der Waals surface area contributed by atoms with Crippen molar-refractivity contribution in [3.8, 4) is 0 Å². The molecule has 0 radical (unpaired) electrons. The van der Waals surface area contributed by atoms with E-state index in [2.05, 4.69) is 15.0 Å². The summed E-state index contributed by atoms with van der Waals surface area (Å²) in [5, 5.41) is 36.2. The Morgan fingerprint density at radius 2 is 2.03 bits per heavy atom. The van der Waals surface area contributed by atoms with Crippen molar-refractivity contribution in [2.75, 3.05) is 17.2 Å². The highest BCUT2D eigenvalue weighted by Crippen LogP contribution is 2.33. The van der Waals surface area contributed by atoms with Crippen molar-refractivity contribution in [1.82, 2.24) is 19.5 Å². The third-order valence-electron chi connectivity index (χ3n) is 4.17. The van der Waals surface area contributed by atoms with Crippen molar-refractivity contribution < 1.29 is 34.8 Å². The quantitative estimate of drug-likeness (QED) is 0.212. The van der Waals surface area contributed by atoms with Gasteiger partial charge in [0.1, 0.15) is 30.1 Å². The molecule has 1 saturated heterocycles. The molecule has 2 aromatic heterocycles. The zero-order valence-electron chi connectivity index (χ0n) is 15.1. The van der Waals surface area contributed by atoms with Gasteiger partial charge in [-0.2, -0.15) is 11.8 Å². The first kappa shape index (κ1) is 22.8. The lowest BCUT2D eigenvalue weighted by Crippen LogP contribution is -2.33. The molecule has 3 rings (SSSR count). The molecule has 0 aromatic carbocycles. The minimum absolute atomic E-state index is 0.212. The summed E-state index contributed by atoms with van der Waals surface area (Å²) in [4.78, 5) is 31.1. The summed E-state index contributed by atoms with van der Waals surface area (Å²) < 4.78 is 7.29. The van der Waals surface area contributed by atoms with Crippen LogP contribution >= 0.6 is 11.8 Å². The standard InChI is InChI=1S/C14H20N6O5S.CH2O2/c15-6(14(23)24)1-2-26-3-7-9(21)10(22)13(25-7)20-5-19-8-11(16)17-4-18-12(8)20;2-1-3/h4-7,9-10,13,21-22H,1-3,15H2,(H,23,24)(H2,16,17,18);1H,(H,2,3)/t6-,7+,9+,10+,13+;/m0./s1. The molecule has 0 spiro atoms. The fraction of sp³-hybridized carbons (Fsp3) is 0.533. The molecule has 0 bridgehead atoms. The average molecular weight is 430 g/mol. The van der Waals surface area contributed by atoms with E-state index in [4.69, 9.17) is 31.2 Å². The van der Waals surface area contributed by atoms with Crippen LogP contribution in [0.15, 0.2) is 12.7 Å². The van der Waals surface area contributed by atoms with Gasteiger partial charge >= 0.3 is 5.97 Å². The monoisotopic (exact) mass is 430 g/mol. The van der Waals surface area contributed by atoms with Crippen LogP contribution < -0.4 is 11.5 Å². The average Bonchev–Trinajstić information content (AvgIpc) is 3.22. The van der Waals surface area contributed by atoms with Crippen LogP contribution in [0.5, 0.6) is 0 Å². The molecule has 0 amide bonds. The zero-order valence-corrected chi connectivity index (χ0v) is 15.9. The first-order chi connectivity index (χ1) is 13.8. The molecular weight excluding hydrogens is 408 g/mol. The summed E-state index contributed by atoms with van der Waals surface area (Å²) in [6, 6.07) is -0.919. The second-order valence-corrected chi connectivity index (χ2v) is 7.19. The number of aliphatic hydroxyl groups is 2. The molecule has 3 heterocycles. The van der Waals surface area contributed by atoms with Gasteiger partial charge in [-0.3, -0.25) is 14.2 Å². The van der Waals surface area contributed by atoms with Crippen LogP contribution in [0, 0.1) is 0 Å². The number of rotatable bonds is 7. The second-order valence-electron chi connectivity index (χ2n) is 6.04. The molecule has 0 saturated carbocycles. The first-order valence-electron chi connectivity index (χ1n) is 8.40. The number of aromatic nitrogens is 4. The van der Waals surface area contributed by atoms with E-state index in [0.29, 0.717) is 29.1 Å². The topological polar surface area (TPSA) is 220 Å². The summed E-state index contributed by atoms with van der Waals surface area (Å²) >= 11 is 1.40. The Bertz CT molecular complexity index is 837. The van der Waals surface area contributed by atoms with Crippen LogP contribution in [0.2, 0.25) is 0 Å². The van der Waals surface area contributed by atoms with Gasteiger partial charge in [0.15, 0.2) is 17.7 Å². The lowest BCUT2D eigenvalue weighted by atomic mass is 10.1. The largest absolute Gasteiger partial charge is 0.483 e. The lowest BCUT2D eigenvalue weighted by molar-refractivity contribution is -0.138.